The summed E-state index contributed by atoms with van der Waals surface area (Å²) in [7, 11) is 0. The number of ether oxygens (including phenoxy) is 1. The summed E-state index contributed by atoms with van der Waals surface area (Å²) in [6.45, 7) is -0.0177. The van der Waals surface area contributed by atoms with Gasteiger partial charge in [0.05, 0.1) is 0 Å². The van der Waals surface area contributed by atoms with Crippen LogP contribution in [0.2, 0.25) is 0 Å². The van der Waals surface area contributed by atoms with E-state index in [0.29, 0.717) is 11.7 Å². The number of rotatable bonds is 4. The Hall–Kier alpha value is -1.40. The lowest BCUT2D eigenvalue weighted by molar-refractivity contribution is -0.120. The molecule has 1 fully saturated rings. The topological polar surface area (TPSA) is 50.4 Å². The van der Waals surface area contributed by atoms with Crippen molar-refractivity contribution in [3.63, 3.8) is 0 Å². The third kappa shape index (κ3) is 5.47. The van der Waals surface area contributed by atoms with E-state index in [1.807, 2.05) is 6.92 Å². The van der Waals surface area contributed by atoms with Crippen LogP contribution in [0.3, 0.4) is 0 Å². The van der Waals surface area contributed by atoms with E-state index in [9.17, 15) is 13.6 Å². The second-order valence-corrected chi connectivity index (χ2v) is 4.97. The van der Waals surface area contributed by atoms with Crippen molar-refractivity contribution in [3.05, 3.63) is 24.3 Å². The average Bonchev–Trinajstić information content (AvgIpc) is 2.38. The first-order valence-corrected chi connectivity index (χ1v) is 6.63. The molecule has 2 N–H and O–H groups in total. The highest BCUT2D eigenvalue weighted by molar-refractivity contribution is 5.92. The molecule has 4 nitrogen and oxygen atoms in total. The SMILES string of the molecule is C[C@H]1C[C@@H](C(=O)Nc2cccc(OC(F)F)c2)CCN1.Cl. The Morgan fingerprint density at radius 3 is 2.90 bits per heavy atom. The largest absolute Gasteiger partial charge is 0.435 e. The zero-order chi connectivity index (χ0) is 14.5. The van der Waals surface area contributed by atoms with E-state index in [4.69, 9.17) is 0 Å². The summed E-state index contributed by atoms with van der Waals surface area (Å²) in [6.07, 6.45) is 1.56. The Bertz CT molecular complexity index is 474. The minimum Gasteiger partial charge on any atom is -0.435 e. The minimum absolute atomic E-state index is 0. The molecule has 0 bridgehead atoms. The van der Waals surface area contributed by atoms with Crippen molar-refractivity contribution in [1.29, 1.82) is 0 Å². The number of piperidine rings is 1. The van der Waals surface area contributed by atoms with Gasteiger partial charge in [-0.25, -0.2) is 0 Å². The zero-order valence-electron chi connectivity index (χ0n) is 11.6. The third-order valence-corrected chi connectivity index (χ3v) is 3.32. The van der Waals surface area contributed by atoms with Crippen LogP contribution in [0.25, 0.3) is 0 Å². The Labute approximate surface area is 128 Å². The fourth-order valence-electron chi connectivity index (χ4n) is 2.36. The second-order valence-electron chi connectivity index (χ2n) is 4.97. The van der Waals surface area contributed by atoms with Gasteiger partial charge in [0, 0.05) is 23.7 Å². The molecule has 2 rings (SSSR count). The van der Waals surface area contributed by atoms with Crippen molar-refractivity contribution in [2.75, 3.05) is 11.9 Å². The van der Waals surface area contributed by atoms with Gasteiger partial charge in [-0.15, -0.1) is 12.4 Å². The molecule has 1 saturated heterocycles. The van der Waals surface area contributed by atoms with Crippen molar-refractivity contribution in [2.24, 2.45) is 5.92 Å². The van der Waals surface area contributed by atoms with Crippen LogP contribution in [0, 0.1) is 5.92 Å². The van der Waals surface area contributed by atoms with Gasteiger partial charge in [-0.3, -0.25) is 4.79 Å². The number of carbonyl (C=O) groups is 1. The summed E-state index contributed by atoms with van der Waals surface area (Å²) in [6, 6.07) is 6.36. The predicted molar refractivity (Wildman–Crippen MR) is 79.1 cm³/mol. The summed E-state index contributed by atoms with van der Waals surface area (Å²) in [5.74, 6) is -0.0880. The summed E-state index contributed by atoms with van der Waals surface area (Å²) >= 11 is 0. The van der Waals surface area contributed by atoms with Gasteiger partial charge in [-0.2, -0.15) is 8.78 Å². The lowest BCUT2D eigenvalue weighted by atomic mass is 9.92. The van der Waals surface area contributed by atoms with Crippen LogP contribution in [0.15, 0.2) is 24.3 Å². The van der Waals surface area contributed by atoms with Gasteiger partial charge in [0.1, 0.15) is 5.75 Å². The van der Waals surface area contributed by atoms with Crippen molar-refractivity contribution < 1.29 is 18.3 Å². The first-order chi connectivity index (χ1) is 9.54. The average molecular weight is 321 g/mol. The molecule has 0 unspecified atom stereocenters. The maximum Gasteiger partial charge on any atom is 0.387 e. The van der Waals surface area contributed by atoms with Crippen molar-refractivity contribution in [1.82, 2.24) is 5.32 Å². The molecule has 0 saturated carbocycles. The van der Waals surface area contributed by atoms with Gasteiger partial charge in [0.2, 0.25) is 5.91 Å². The predicted octanol–water partition coefficient (Wildman–Crippen LogP) is 3.04. The molecule has 1 aromatic carbocycles. The van der Waals surface area contributed by atoms with Crippen LogP contribution in [-0.4, -0.2) is 25.1 Å². The van der Waals surface area contributed by atoms with Gasteiger partial charge in [0.25, 0.3) is 0 Å². The summed E-state index contributed by atoms with van der Waals surface area (Å²) in [5.41, 5.74) is 0.472. The van der Waals surface area contributed by atoms with E-state index >= 15 is 0 Å². The summed E-state index contributed by atoms with van der Waals surface area (Å²) in [5, 5.41) is 6.03. The normalized spacial score (nSPS) is 21.5. The van der Waals surface area contributed by atoms with Crippen molar-refractivity contribution >= 4 is 24.0 Å². The molecule has 7 heteroatoms. The summed E-state index contributed by atoms with van der Waals surface area (Å²) < 4.78 is 28.6. The van der Waals surface area contributed by atoms with E-state index < -0.39 is 6.61 Å². The molecular formula is C14H19ClF2N2O2. The Morgan fingerprint density at radius 1 is 1.48 bits per heavy atom. The first-order valence-electron chi connectivity index (χ1n) is 6.63. The molecule has 1 heterocycles. The number of halogens is 3. The van der Waals surface area contributed by atoms with Crippen LogP contribution in [0.5, 0.6) is 5.75 Å². The molecule has 1 amide bonds. The molecule has 1 aliphatic heterocycles. The molecule has 1 aliphatic rings. The molecule has 0 radical (unpaired) electrons. The van der Waals surface area contributed by atoms with E-state index in [1.54, 1.807) is 12.1 Å². The molecule has 0 aromatic heterocycles. The maximum atomic E-state index is 12.1. The number of benzene rings is 1. The highest BCUT2D eigenvalue weighted by atomic mass is 35.5. The van der Waals surface area contributed by atoms with Gasteiger partial charge in [-0.05, 0) is 38.4 Å². The van der Waals surface area contributed by atoms with Gasteiger partial charge in [-0.1, -0.05) is 6.07 Å². The Balaban J connectivity index is 0.00000220. The fraction of sp³-hybridized carbons (Fsp3) is 0.500. The summed E-state index contributed by atoms with van der Waals surface area (Å²) in [4.78, 5) is 12.1. The van der Waals surface area contributed by atoms with Gasteiger partial charge >= 0.3 is 6.61 Å². The van der Waals surface area contributed by atoms with Crippen LogP contribution in [-0.2, 0) is 4.79 Å². The number of anilines is 1. The monoisotopic (exact) mass is 320 g/mol. The first kappa shape index (κ1) is 17.7. The lowest BCUT2D eigenvalue weighted by Gasteiger charge is -2.27. The number of hydrogen-bond donors (Lipinski definition) is 2. The van der Waals surface area contributed by atoms with Crippen LogP contribution < -0.4 is 15.4 Å². The second kappa shape index (κ2) is 8.14. The molecular weight excluding hydrogens is 302 g/mol. The smallest absolute Gasteiger partial charge is 0.387 e. The third-order valence-electron chi connectivity index (χ3n) is 3.32. The fourth-order valence-corrected chi connectivity index (χ4v) is 2.36. The lowest BCUT2D eigenvalue weighted by Crippen LogP contribution is -2.40. The highest BCUT2D eigenvalue weighted by Gasteiger charge is 2.24. The van der Waals surface area contributed by atoms with Crippen molar-refractivity contribution in [2.45, 2.75) is 32.4 Å². The molecule has 0 spiro atoms. The van der Waals surface area contributed by atoms with Crippen LogP contribution >= 0.6 is 12.4 Å². The molecule has 1 aromatic rings. The standard InChI is InChI=1S/C14H18F2N2O2.ClH/c1-9-7-10(5-6-17-9)13(19)18-11-3-2-4-12(8-11)20-14(15)16;/h2-4,8-10,14,17H,5-7H2,1H3,(H,18,19);1H/t9-,10-;/m0./s1. The number of hydrogen-bond acceptors (Lipinski definition) is 3. The Morgan fingerprint density at radius 2 is 2.24 bits per heavy atom. The van der Waals surface area contributed by atoms with E-state index in [1.165, 1.54) is 12.1 Å². The quantitative estimate of drug-likeness (QED) is 0.896. The molecule has 118 valence electrons. The maximum absolute atomic E-state index is 12.1. The Kier molecular flexibility index (Phi) is 6.84. The van der Waals surface area contributed by atoms with E-state index in [0.717, 1.165) is 19.4 Å². The van der Waals surface area contributed by atoms with Crippen LogP contribution in [0.4, 0.5) is 14.5 Å². The molecule has 0 aliphatic carbocycles. The van der Waals surface area contributed by atoms with Crippen LogP contribution in [0.1, 0.15) is 19.8 Å². The van der Waals surface area contributed by atoms with Gasteiger partial charge < -0.3 is 15.4 Å². The van der Waals surface area contributed by atoms with Crippen molar-refractivity contribution in [3.8, 4) is 5.75 Å². The van der Waals surface area contributed by atoms with E-state index in [2.05, 4.69) is 15.4 Å². The number of carbonyl (C=O) groups excluding carboxylic acids is 1. The molecule has 21 heavy (non-hydrogen) atoms. The number of alkyl halides is 2. The van der Waals surface area contributed by atoms with E-state index in [-0.39, 0.29) is 30.0 Å². The number of nitrogens with one attached hydrogen (secondary N) is 2. The minimum atomic E-state index is -2.87. The molecule has 2 atom stereocenters. The number of amides is 1. The zero-order valence-corrected chi connectivity index (χ0v) is 12.5. The van der Waals surface area contributed by atoms with Gasteiger partial charge in [0.15, 0.2) is 0 Å². The highest BCUT2D eigenvalue weighted by Crippen LogP contribution is 2.22.